The number of hydrogen-bond donors (Lipinski definition) is 0. The van der Waals surface area contributed by atoms with Gasteiger partial charge in [0.05, 0.1) is 32.9 Å². The second-order valence-electron chi connectivity index (χ2n) is 5.97. The Morgan fingerprint density at radius 1 is 0.960 bits per heavy atom. The molecule has 25 heavy (non-hydrogen) atoms. The van der Waals surface area contributed by atoms with Crippen molar-refractivity contribution in [2.24, 2.45) is 0 Å². The van der Waals surface area contributed by atoms with E-state index in [0.717, 1.165) is 24.9 Å². The van der Waals surface area contributed by atoms with Crippen LogP contribution in [-0.2, 0) is 0 Å². The molecule has 2 aromatic rings. The number of likely N-dealkylation sites (tertiary alicyclic amines) is 1. The molecule has 132 valence electrons. The summed E-state index contributed by atoms with van der Waals surface area (Å²) in [5, 5.41) is 0. The van der Waals surface area contributed by atoms with Gasteiger partial charge in [0.2, 0.25) is 0 Å². The van der Waals surface area contributed by atoms with Gasteiger partial charge in [0.1, 0.15) is 5.75 Å². The van der Waals surface area contributed by atoms with Gasteiger partial charge in [-0.05, 0) is 42.7 Å². The van der Waals surface area contributed by atoms with Crippen molar-refractivity contribution in [2.45, 2.75) is 18.9 Å². The first-order valence-electron chi connectivity index (χ1n) is 8.35. The molecule has 1 atom stereocenters. The number of carbonyl (C=O) groups excluding carboxylic acids is 1. The van der Waals surface area contributed by atoms with Gasteiger partial charge in [0, 0.05) is 6.54 Å². The van der Waals surface area contributed by atoms with E-state index in [-0.39, 0.29) is 11.9 Å². The van der Waals surface area contributed by atoms with Crippen molar-refractivity contribution in [1.29, 1.82) is 0 Å². The van der Waals surface area contributed by atoms with E-state index in [1.54, 1.807) is 21.3 Å². The molecule has 0 bridgehead atoms. The highest BCUT2D eigenvalue weighted by Gasteiger charge is 2.32. The van der Waals surface area contributed by atoms with Crippen molar-refractivity contribution < 1.29 is 19.0 Å². The number of methoxy groups -OCH3 is 3. The Kier molecular flexibility index (Phi) is 5.12. The minimum atomic E-state index is -0.00488. The maximum Gasteiger partial charge on any atom is 0.258 e. The number of rotatable bonds is 5. The van der Waals surface area contributed by atoms with Crippen LogP contribution in [0.4, 0.5) is 0 Å². The van der Waals surface area contributed by atoms with Crippen molar-refractivity contribution in [1.82, 2.24) is 4.90 Å². The van der Waals surface area contributed by atoms with Crippen LogP contribution in [0.1, 0.15) is 34.8 Å². The van der Waals surface area contributed by atoms with E-state index in [4.69, 9.17) is 14.2 Å². The quantitative estimate of drug-likeness (QED) is 0.832. The lowest BCUT2D eigenvalue weighted by Crippen LogP contribution is -2.30. The second-order valence-corrected chi connectivity index (χ2v) is 5.97. The highest BCUT2D eigenvalue weighted by atomic mass is 16.5. The van der Waals surface area contributed by atoms with E-state index in [1.807, 2.05) is 47.4 Å². The molecule has 5 heteroatoms. The summed E-state index contributed by atoms with van der Waals surface area (Å²) >= 11 is 0. The van der Waals surface area contributed by atoms with Gasteiger partial charge in [0.25, 0.3) is 5.91 Å². The van der Waals surface area contributed by atoms with Crippen LogP contribution in [0.2, 0.25) is 0 Å². The van der Waals surface area contributed by atoms with Gasteiger partial charge in [-0.2, -0.15) is 0 Å². The summed E-state index contributed by atoms with van der Waals surface area (Å²) in [6, 6.07) is 13.2. The number of benzene rings is 2. The van der Waals surface area contributed by atoms with Gasteiger partial charge in [-0.3, -0.25) is 4.79 Å². The van der Waals surface area contributed by atoms with Crippen LogP contribution in [0.25, 0.3) is 0 Å². The Hall–Kier alpha value is -2.69. The molecule has 0 N–H and O–H groups in total. The standard InChI is InChI=1S/C20H23NO4/c1-23-17-9-5-4-7-15(17)20(22)21-12-6-8-16(21)14-10-11-18(24-2)19(13-14)25-3/h4-5,7,9-11,13,16H,6,8,12H2,1-3H3. The molecule has 1 heterocycles. The maximum atomic E-state index is 13.1. The SMILES string of the molecule is COc1ccc(C2CCCN2C(=O)c2ccccc2OC)cc1OC. The molecule has 1 fully saturated rings. The lowest BCUT2D eigenvalue weighted by Gasteiger charge is -2.26. The van der Waals surface area contributed by atoms with Gasteiger partial charge >= 0.3 is 0 Å². The molecule has 0 radical (unpaired) electrons. The first kappa shape index (κ1) is 17.1. The number of ether oxygens (including phenoxy) is 3. The monoisotopic (exact) mass is 341 g/mol. The van der Waals surface area contributed by atoms with Crippen molar-refractivity contribution in [2.75, 3.05) is 27.9 Å². The molecular formula is C20H23NO4. The molecule has 3 rings (SSSR count). The summed E-state index contributed by atoms with van der Waals surface area (Å²) in [5.41, 5.74) is 1.65. The van der Waals surface area contributed by atoms with Crippen molar-refractivity contribution in [3.05, 3.63) is 53.6 Å². The number of hydrogen-bond acceptors (Lipinski definition) is 4. The van der Waals surface area contributed by atoms with E-state index in [9.17, 15) is 4.79 Å². The third-order valence-electron chi connectivity index (χ3n) is 4.64. The summed E-state index contributed by atoms with van der Waals surface area (Å²) in [7, 11) is 4.82. The van der Waals surface area contributed by atoms with Gasteiger partial charge < -0.3 is 19.1 Å². The zero-order chi connectivity index (χ0) is 17.8. The molecule has 2 aromatic carbocycles. The minimum Gasteiger partial charge on any atom is -0.496 e. The van der Waals surface area contributed by atoms with Crippen LogP contribution in [0.15, 0.2) is 42.5 Å². The molecule has 5 nitrogen and oxygen atoms in total. The highest BCUT2D eigenvalue weighted by Crippen LogP contribution is 2.38. The summed E-state index contributed by atoms with van der Waals surface area (Å²) in [6.45, 7) is 0.732. The normalized spacial score (nSPS) is 16.6. The van der Waals surface area contributed by atoms with Crippen LogP contribution in [0.3, 0.4) is 0 Å². The van der Waals surface area contributed by atoms with Gasteiger partial charge in [-0.15, -0.1) is 0 Å². The molecule has 0 aromatic heterocycles. The molecule has 1 unspecified atom stereocenters. The zero-order valence-electron chi connectivity index (χ0n) is 14.8. The average molecular weight is 341 g/mol. The lowest BCUT2D eigenvalue weighted by atomic mass is 10.0. The van der Waals surface area contributed by atoms with Crippen LogP contribution in [0, 0.1) is 0 Å². The van der Waals surface area contributed by atoms with E-state index >= 15 is 0 Å². The van der Waals surface area contributed by atoms with E-state index in [0.29, 0.717) is 22.8 Å². The Balaban J connectivity index is 1.91. The molecule has 1 aliphatic heterocycles. The van der Waals surface area contributed by atoms with Crippen LogP contribution in [0.5, 0.6) is 17.2 Å². The molecular weight excluding hydrogens is 318 g/mol. The van der Waals surface area contributed by atoms with Crippen molar-refractivity contribution in [3.8, 4) is 17.2 Å². The summed E-state index contributed by atoms with van der Waals surface area (Å²) in [5.74, 6) is 1.96. The molecule has 1 amide bonds. The zero-order valence-corrected chi connectivity index (χ0v) is 14.8. The van der Waals surface area contributed by atoms with Crippen molar-refractivity contribution >= 4 is 5.91 Å². The van der Waals surface area contributed by atoms with Gasteiger partial charge in [0.15, 0.2) is 11.5 Å². The summed E-state index contributed by atoms with van der Waals surface area (Å²) in [4.78, 5) is 15.0. The predicted molar refractivity (Wildman–Crippen MR) is 95.6 cm³/mol. The fourth-order valence-corrected chi connectivity index (χ4v) is 3.39. The smallest absolute Gasteiger partial charge is 0.258 e. The minimum absolute atomic E-state index is 0.00488. The van der Waals surface area contributed by atoms with Gasteiger partial charge in [-0.1, -0.05) is 18.2 Å². The van der Waals surface area contributed by atoms with E-state index in [2.05, 4.69) is 0 Å². The Bertz CT molecular complexity index is 759. The van der Waals surface area contributed by atoms with E-state index < -0.39 is 0 Å². The second kappa shape index (κ2) is 7.47. The fraction of sp³-hybridized carbons (Fsp3) is 0.350. The largest absolute Gasteiger partial charge is 0.496 e. The molecule has 0 spiro atoms. The molecule has 0 aliphatic carbocycles. The Morgan fingerprint density at radius 3 is 2.40 bits per heavy atom. The predicted octanol–water partition coefficient (Wildman–Crippen LogP) is 3.69. The van der Waals surface area contributed by atoms with Crippen molar-refractivity contribution in [3.63, 3.8) is 0 Å². The average Bonchev–Trinajstić information content (AvgIpc) is 3.16. The van der Waals surface area contributed by atoms with Crippen LogP contribution in [-0.4, -0.2) is 38.7 Å². The molecule has 1 saturated heterocycles. The third-order valence-corrected chi connectivity index (χ3v) is 4.64. The first-order valence-corrected chi connectivity index (χ1v) is 8.35. The number of nitrogens with zero attached hydrogens (tertiary/aromatic N) is 1. The first-order chi connectivity index (χ1) is 12.2. The maximum absolute atomic E-state index is 13.1. The number of amides is 1. The van der Waals surface area contributed by atoms with Crippen LogP contribution < -0.4 is 14.2 Å². The third kappa shape index (κ3) is 3.27. The highest BCUT2D eigenvalue weighted by molar-refractivity contribution is 5.97. The molecule has 1 aliphatic rings. The summed E-state index contributed by atoms with van der Waals surface area (Å²) in [6.07, 6.45) is 1.90. The number of para-hydroxylation sites is 1. The van der Waals surface area contributed by atoms with Gasteiger partial charge in [-0.25, -0.2) is 0 Å². The Morgan fingerprint density at radius 2 is 1.68 bits per heavy atom. The topological polar surface area (TPSA) is 48.0 Å². The van der Waals surface area contributed by atoms with Crippen LogP contribution >= 0.6 is 0 Å². The summed E-state index contributed by atoms with van der Waals surface area (Å²) < 4.78 is 16.1. The lowest BCUT2D eigenvalue weighted by molar-refractivity contribution is 0.0732. The Labute approximate surface area is 148 Å². The van der Waals surface area contributed by atoms with E-state index in [1.165, 1.54) is 0 Å². The number of carbonyl (C=O) groups is 1. The fourth-order valence-electron chi connectivity index (χ4n) is 3.39. The molecule has 0 saturated carbocycles.